The van der Waals surface area contributed by atoms with E-state index in [1.165, 1.54) is 24.0 Å². The lowest BCUT2D eigenvalue weighted by molar-refractivity contribution is -0.0882. The average Bonchev–Trinajstić information content (AvgIpc) is 2.80. The van der Waals surface area contributed by atoms with Crippen LogP contribution in [-0.2, 0) is 12.8 Å². The molecule has 2 nitrogen and oxygen atoms in total. The first-order valence-electron chi connectivity index (χ1n) is 8.62. The van der Waals surface area contributed by atoms with Gasteiger partial charge in [-0.2, -0.15) is 0 Å². The van der Waals surface area contributed by atoms with E-state index in [2.05, 4.69) is 31.2 Å². The highest BCUT2D eigenvalue weighted by Gasteiger charge is 2.52. The normalized spacial score (nSPS) is 31.7. The van der Waals surface area contributed by atoms with E-state index in [0.29, 0.717) is 6.54 Å². The molecule has 1 aromatic carbocycles. The Morgan fingerprint density at radius 2 is 1.81 bits per heavy atom. The van der Waals surface area contributed by atoms with Gasteiger partial charge in [-0.1, -0.05) is 50.5 Å². The van der Waals surface area contributed by atoms with E-state index in [9.17, 15) is 5.11 Å². The second kappa shape index (κ2) is 5.73. The molecule has 0 radical (unpaired) electrons. The van der Waals surface area contributed by atoms with Gasteiger partial charge in [0.15, 0.2) is 0 Å². The minimum absolute atomic E-state index is 0.140. The van der Waals surface area contributed by atoms with Crippen LogP contribution >= 0.6 is 0 Å². The van der Waals surface area contributed by atoms with Gasteiger partial charge in [0.05, 0.1) is 5.60 Å². The van der Waals surface area contributed by atoms with E-state index in [-0.39, 0.29) is 5.41 Å². The van der Waals surface area contributed by atoms with Gasteiger partial charge >= 0.3 is 0 Å². The second-order valence-electron chi connectivity index (χ2n) is 7.34. The topological polar surface area (TPSA) is 46.2 Å². The van der Waals surface area contributed by atoms with Gasteiger partial charge in [-0.15, -0.1) is 0 Å². The lowest BCUT2D eigenvalue weighted by Crippen LogP contribution is -2.53. The zero-order chi connectivity index (χ0) is 14.9. The summed E-state index contributed by atoms with van der Waals surface area (Å²) >= 11 is 0. The highest BCUT2D eigenvalue weighted by molar-refractivity contribution is 5.36. The van der Waals surface area contributed by atoms with Gasteiger partial charge < -0.3 is 10.8 Å². The Balaban J connectivity index is 1.86. The van der Waals surface area contributed by atoms with Crippen LogP contribution in [0.3, 0.4) is 0 Å². The maximum absolute atomic E-state index is 11.5. The minimum atomic E-state index is -0.579. The largest absolute Gasteiger partial charge is 0.389 e. The first kappa shape index (κ1) is 15.1. The smallest absolute Gasteiger partial charge is 0.0722 e. The van der Waals surface area contributed by atoms with Crippen molar-refractivity contribution in [2.75, 3.05) is 6.54 Å². The molecule has 0 spiro atoms. The zero-order valence-electron chi connectivity index (χ0n) is 13.3. The van der Waals surface area contributed by atoms with Crippen molar-refractivity contribution >= 4 is 0 Å². The first-order valence-corrected chi connectivity index (χ1v) is 8.62. The van der Waals surface area contributed by atoms with Crippen molar-refractivity contribution in [1.29, 1.82) is 0 Å². The Kier molecular flexibility index (Phi) is 4.11. The third kappa shape index (κ3) is 2.53. The lowest BCUT2D eigenvalue weighted by atomic mass is 9.66. The van der Waals surface area contributed by atoms with Gasteiger partial charge in [-0.3, -0.25) is 0 Å². The zero-order valence-corrected chi connectivity index (χ0v) is 13.3. The van der Waals surface area contributed by atoms with Crippen molar-refractivity contribution in [3.05, 3.63) is 35.4 Å². The summed E-state index contributed by atoms with van der Waals surface area (Å²) in [5, 5.41) is 11.5. The molecular weight excluding hydrogens is 258 g/mol. The van der Waals surface area contributed by atoms with Crippen LogP contribution in [0.4, 0.5) is 0 Å². The molecule has 0 saturated heterocycles. The summed E-state index contributed by atoms with van der Waals surface area (Å²) in [6.45, 7) is 2.87. The average molecular weight is 287 g/mol. The molecule has 1 aromatic rings. The molecule has 2 atom stereocenters. The molecule has 21 heavy (non-hydrogen) atoms. The molecule has 0 heterocycles. The van der Waals surface area contributed by atoms with Crippen LogP contribution in [0.2, 0.25) is 0 Å². The van der Waals surface area contributed by atoms with Gasteiger partial charge in [0.25, 0.3) is 0 Å². The van der Waals surface area contributed by atoms with Crippen LogP contribution in [0.1, 0.15) is 56.6 Å². The molecule has 0 bridgehead atoms. The van der Waals surface area contributed by atoms with E-state index < -0.39 is 5.60 Å². The Labute approximate surface area is 128 Å². The van der Waals surface area contributed by atoms with E-state index in [4.69, 9.17) is 5.73 Å². The summed E-state index contributed by atoms with van der Waals surface area (Å²) in [5.41, 5.74) is 8.30. The Hall–Kier alpha value is -0.860. The molecule has 0 aromatic heterocycles. The maximum atomic E-state index is 11.5. The predicted molar refractivity (Wildman–Crippen MR) is 87.2 cm³/mol. The van der Waals surface area contributed by atoms with Crippen LogP contribution < -0.4 is 5.73 Å². The summed E-state index contributed by atoms with van der Waals surface area (Å²) in [4.78, 5) is 0. The SMILES string of the molecule is CCC1CCCC(O)(C2(CN)Cc3ccccc3C2)CC1. The summed E-state index contributed by atoms with van der Waals surface area (Å²) in [7, 11) is 0. The number of benzene rings is 1. The van der Waals surface area contributed by atoms with Crippen molar-refractivity contribution < 1.29 is 5.11 Å². The van der Waals surface area contributed by atoms with E-state index >= 15 is 0 Å². The molecule has 2 unspecified atom stereocenters. The molecule has 2 aliphatic rings. The number of nitrogens with two attached hydrogens (primary N) is 1. The summed E-state index contributed by atoms with van der Waals surface area (Å²) in [6, 6.07) is 8.63. The quantitative estimate of drug-likeness (QED) is 0.836. The van der Waals surface area contributed by atoms with Crippen LogP contribution in [0.15, 0.2) is 24.3 Å². The molecule has 0 aliphatic heterocycles. The fourth-order valence-electron chi connectivity index (χ4n) is 4.69. The van der Waals surface area contributed by atoms with Crippen molar-refractivity contribution in [2.45, 2.75) is 63.9 Å². The van der Waals surface area contributed by atoms with E-state index in [1.54, 1.807) is 0 Å². The number of hydrogen-bond donors (Lipinski definition) is 2. The van der Waals surface area contributed by atoms with Crippen LogP contribution in [-0.4, -0.2) is 17.3 Å². The molecule has 116 valence electrons. The third-order valence-corrected chi connectivity index (χ3v) is 6.30. The highest BCUT2D eigenvalue weighted by atomic mass is 16.3. The van der Waals surface area contributed by atoms with Crippen molar-refractivity contribution in [3.8, 4) is 0 Å². The Morgan fingerprint density at radius 3 is 2.38 bits per heavy atom. The number of aliphatic hydroxyl groups is 1. The summed E-state index contributed by atoms with van der Waals surface area (Å²) < 4.78 is 0. The van der Waals surface area contributed by atoms with Gasteiger partial charge in [-0.05, 0) is 49.1 Å². The number of fused-ring (bicyclic) bond motifs is 1. The van der Waals surface area contributed by atoms with E-state index in [1.807, 2.05) is 0 Å². The summed E-state index contributed by atoms with van der Waals surface area (Å²) in [5.74, 6) is 0.789. The van der Waals surface area contributed by atoms with Gasteiger partial charge in [-0.25, -0.2) is 0 Å². The standard InChI is InChI=1S/C19H29NO/c1-2-15-6-5-10-19(21,11-9-15)18(14-20)12-16-7-3-4-8-17(16)13-18/h3-4,7-8,15,21H,2,5-6,9-14,20H2,1H3. The predicted octanol–water partition coefficient (Wildman–Crippen LogP) is 3.45. The lowest BCUT2D eigenvalue weighted by Gasteiger charge is -2.44. The Morgan fingerprint density at radius 1 is 1.14 bits per heavy atom. The molecule has 0 amide bonds. The Bertz CT molecular complexity index is 473. The maximum Gasteiger partial charge on any atom is 0.0722 e. The molecule has 3 rings (SSSR count). The fraction of sp³-hybridized carbons (Fsp3) is 0.684. The molecule has 1 fully saturated rings. The summed E-state index contributed by atoms with van der Waals surface area (Å²) in [6.07, 6.45) is 8.57. The van der Waals surface area contributed by atoms with Crippen LogP contribution in [0.25, 0.3) is 0 Å². The molecule has 1 saturated carbocycles. The van der Waals surface area contributed by atoms with Gasteiger partial charge in [0, 0.05) is 12.0 Å². The minimum Gasteiger partial charge on any atom is -0.389 e. The van der Waals surface area contributed by atoms with Crippen LogP contribution in [0, 0.1) is 11.3 Å². The molecule has 2 aliphatic carbocycles. The molecule has 3 N–H and O–H groups in total. The van der Waals surface area contributed by atoms with Crippen molar-refractivity contribution in [3.63, 3.8) is 0 Å². The number of hydrogen-bond acceptors (Lipinski definition) is 2. The second-order valence-corrected chi connectivity index (χ2v) is 7.34. The van der Waals surface area contributed by atoms with Gasteiger partial charge in [0.2, 0.25) is 0 Å². The fourth-order valence-corrected chi connectivity index (χ4v) is 4.69. The van der Waals surface area contributed by atoms with Crippen LogP contribution in [0.5, 0.6) is 0 Å². The van der Waals surface area contributed by atoms with E-state index in [0.717, 1.165) is 44.4 Å². The molecule has 2 heteroatoms. The monoisotopic (exact) mass is 287 g/mol. The first-order chi connectivity index (χ1) is 10.1. The van der Waals surface area contributed by atoms with Crippen molar-refractivity contribution in [2.24, 2.45) is 17.1 Å². The third-order valence-electron chi connectivity index (χ3n) is 6.30. The van der Waals surface area contributed by atoms with Crippen molar-refractivity contribution in [1.82, 2.24) is 0 Å². The van der Waals surface area contributed by atoms with Gasteiger partial charge in [0.1, 0.15) is 0 Å². The molecular formula is C19H29NO. The highest BCUT2D eigenvalue weighted by Crippen LogP contribution is 2.50. The number of rotatable bonds is 3.